The van der Waals surface area contributed by atoms with Gasteiger partial charge in [0.15, 0.2) is 21.4 Å². The van der Waals surface area contributed by atoms with Crippen LogP contribution in [0.1, 0.15) is 40.1 Å². The van der Waals surface area contributed by atoms with Crippen LogP contribution >= 0.6 is 22.9 Å². The second-order valence-corrected chi connectivity index (χ2v) is 12.8. The topological polar surface area (TPSA) is 81.7 Å². The Labute approximate surface area is 222 Å². The molecule has 1 fully saturated rings. The average Bonchev–Trinajstić information content (AvgIpc) is 3.37. The molecule has 1 aromatic heterocycles. The Morgan fingerprint density at radius 2 is 1.92 bits per heavy atom. The second-order valence-electron chi connectivity index (χ2n) is 9.21. The maximum Gasteiger partial charge on any atom is 0.348 e. The summed E-state index contributed by atoms with van der Waals surface area (Å²) in [5, 5.41) is 5.57. The van der Waals surface area contributed by atoms with E-state index in [1.54, 1.807) is 5.38 Å². The smallest absolute Gasteiger partial charge is 0.348 e. The lowest BCUT2D eigenvalue weighted by molar-refractivity contribution is 0.0604. The molecule has 37 heavy (non-hydrogen) atoms. The number of hydrogen-bond donors (Lipinski definition) is 1. The molecule has 2 aromatic carbocycles. The molecule has 2 aliphatic rings. The van der Waals surface area contributed by atoms with Crippen LogP contribution < -0.4 is 10.1 Å². The van der Waals surface area contributed by atoms with E-state index >= 15 is 4.39 Å². The molecule has 196 valence electrons. The van der Waals surface area contributed by atoms with Gasteiger partial charge in [-0.05, 0) is 72.7 Å². The predicted molar refractivity (Wildman–Crippen MR) is 136 cm³/mol. The lowest BCUT2D eigenvalue weighted by atomic mass is 9.71. The minimum atomic E-state index is -4.19. The van der Waals surface area contributed by atoms with Crippen LogP contribution in [0.3, 0.4) is 0 Å². The number of halogens is 3. The first-order valence-corrected chi connectivity index (χ1v) is 14.4. The molecule has 0 bridgehead atoms. The fraction of sp³-hybridized carbons (Fsp3) is 0.346. The Hall–Kier alpha value is -2.53. The number of thiophene rings is 1. The molecule has 3 atom stereocenters. The van der Waals surface area contributed by atoms with Crippen LogP contribution in [0.25, 0.3) is 0 Å². The number of sulfone groups is 1. The number of hydrogen-bond acceptors (Lipinski definition) is 7. The Bertz CT molecular complexity index is 1440. The molecule has 2 heterocycles. The van der Waals surface area contributed by atoms with Gasteiger partial charge in [0.2, 0.25) is 0 Å². The fourth-order valence-corrected chi connectivity index (χ4v) is 8.86. The third-order valence-corrected chi connectivity index (χ3v) is 11.1. The number of fused-ring (bicyclic) bond motifs is 3. The number of carbonyl (C=O) groups is 1. The molecular formula is C26H24ClF2NO5S2. The highest BCUT2D eigenvalue weighted by Gasteiger charge is 2.59. The number of methoxy groups -OCH3 is 1. The van der Waals surface area contributed by atoms with Crippen LogP contribution in [0.4, 0.5) is 8.78 Å². The summed E-state index contributed by atoms with van der Waals surface area (Å²) < 4.78 is 67.4. The fourth-order valence-electron chi connectivity index (χ4n) is 5.53. The molecule has 11 heteroatoms. The van der Waals surface area contributed by atoms with Gasteiger partial charge >= 0.3 is 5.97 Å². The van der Waals surface area contributed by atoms with E-state index in [-0.39, 0.29) is 35.3 Å². The van der Waals surface area contributed by atoms with Crippen LogP contribution in [0.15, 0.2) is 52.7 Å². The minimum Gasteiger partial charge on any atom is -0.490 e. The first kappa shape index (κ1) is 26.1. The van der Waals surface area contributed by atoms with Crippen molar-refractivity contribution in [2.45, 2.75) is 41.5 Å². The summed E-state index contributed by atoms with van der Waals surface area (Å²) in [6.07, 6.45) is 0.792. The van der Waals surface area contributed by atoms with Crippen molar-refractivity contribution >= 4 is 38.7 Å². The highest BCUT2D eigenvalue weighted by Crippen LogP contribution is 2.56. The van der Waals surface area contributed by atoms with Gasteiger partial charge in [0.25, 0.3) is 0 Å². The minimum absolute atomic E-state index is 0.00851. The molecule has 6 nitrogen and oxygen atoms in total. The van der Waals surface area contributed by atoms with E-state index in [2.05, 4.69) is 5.32 Å². The van der Waals surface area contributed by atoms with Crippen molar-refractivity contribution in [1.29, 1.82) is 0 Å². The van der Waals surface area contributed by atoms with E-state index in [1.807, 2.05) is 6.07 Å². The van der Waals surface area contributed by atoms with Crippen molar-refractivity contribution < 1.29 is 31.5 Å². The summed E-state index contributed by atoms with van der Waals surface area (Å²) >= 11 is 7.27. The molecule has 3 aromatic rings. The van der Waals surface area contributed by atoms with E-state index in [0.717, 1.165) is 17.7 Å². The SMILES string of the molecule is COC(=O)c1sccc1CN[C@@H]1CC[C@@]2(S(=O)(=O)c3ccc(Cl)cc3)c3c(F)ccc(F)c3OC[C@H]2C1. The number of ether oxygens (including phenoxy) is 2. The van der Waals surface area contributed by atoms with Gasteiger partial charge in [-0.3, -0.25) is 0 Å². The van der Waals surface area contributed by atoms with Crippen LogP contribution in [0.5, 0.6) is 5.75 Å². The number of rotatable bonds is 6. The summed E-state index contributed by atoms with van der Waals surface area (Å²) in [5.41, 5.74) is 0.531. The second kappa shape index (κ2) is 9.98. The summed E-state index contributed by atoms with van der Waals surface area (Å²) in [5.74, 6) is -3.02. The van der Waals surface area contributed by atoms with E-state index < -0.39 is 38.1 Å². The van der Waals surface area contributed by atoms with Gasteiger partial charge in [-0.1, -0.05) is 11.6 Å². The first-order chi connectivity index (χ1) is 17.7. The van der Waals surface area contributed by atoms with Gasteiger partial charge in [0.05, 0.1) is 24.2 Å². The average molecular weight is 568 g/mol. The van der Waals surface area contributed by atoms with Crippen molar-refractivity contribution in [3.63, 3.8) is 0 Å². The summed E-state index contributed by atoms with van der Waals surface area (Å²) in [4.78, 5) is 12.5. The van der Waals surface area contributed by atoms with Gasteiger partial charge in [-0.2, -0.15) is 0 Å². The maximum atomic E-state index is 15.4. The molecule has 1 aliphatic carbocycles. The summed E-state index contributed by atoms with van der Waals surface area (Å²) in [6, 6.07) is 9.32. The van der Waals surface area contributed by atoms with Crippen molar-refractivity contribution in [3.8, 4) is 5.75 Å². The first-order valence-electron chi connectivity index (χ1n) is 11.7. The molecule has 5 rings (SSSR count). The number of benzene rings is 2. The Kier molecular flexibility index (Phi) is 7.04. The number of esters is 1. The van der Waals surface area contributed by atoms with E-state index in [4.69, 9.17) is 21.1 Å². The maximum absolute atomic E-state index is 15.4. The monoisotopic (exact) mass is 567 g/mol. The molecule has 1 saturated carbocycles. The third-order valence-electron chi connectivity index (χ3n) is 7.31. The Balaban J connectivity index is 1.51. The molecule has 0 spiro atoms. The normalized spacial score (nSPS) is 23.0. The van der Waals surface area contributed by atoms with Gasteiger partial charge in [0.1, 0.15) is 15.4 Å². The highest BCUT2D eigenvalue weighted by atomic mass is 35.5. The summed E-state index contributed by atoms with van der Waals surface area (Å²) in [7, 11) is -2.87. The van der Waals surface area contributed by atoms with Crippen molar-refractivity contribution in [2.75, 3.05) is 13.7 Å². The molecule has 0 unspecified atom stereocenters. The quantitative estimate of drug-likeness (QED) is 0.397. The molecule has 1 aliphatic heterocycles. The Morgan fingerprint density at radius 1 is 1.19 bits per heavy atom. The van der Waals surface area contributed by atoms with Crippen LogP contribution in [0.2, 0.25) is 5.02 Å². The van der Waals surface area contributed by atoms with Gasteiger partial charge in [-0.25, -0.2) is 22.0 Å². The summed E-state index contributed by atoms with van der Waals surface area (Å²) in [6.45, 7) is 0.299. The largest absolute Gasteiger partial charge is 0.490 e. The standard InChI is InChI=1S/C26H24ClF2NO5S2/c1-34-25(31)24-15(9-11-36-24)13-30-18-8-10-26(37(32,33)19-4-2-17(27)3-5-19)16(12-18)14-35-23-21(29)7-6-20(28)22(23)26/h2-7,9,11,16,18,30H,8,10,12-14H2,1H3/t16-,18-,26+/m1/s1. The molecule has 0 saturated heterocycles. The van der Waals surface area contributed by atoms with Crippen molar-refractivity contribution in [3.05, 3.63) is 80.5 Å². The van der Waals surface area contributed by atoms with Gasteiger partial charge < -0.3 is 14.8 Å². The van der Waals surface area contributed by atoms with E-state index in [0.29, 0.717) is 29.3 Å². The number of carbonyl (C=O) groups excluding carboxylic acids is 1. The zero-order valence-electron chi connectivity index (χ0n) is 19.8. The molecular weight excluding hydrogens is 544 g/mol. The highest BCUT2D eigenvalue weighted by molar-refractivity contribution is 7.92. The zero-order valence-corrected chi connectivity index (χ0v) is 22.2. The molecule has 0 amide bonds. The Morgan fingerprint density at radius 3 is 2.65 bits per heavy atom. The number of nitrogens with one attached hydrogen (secondary N) is 1. The lowest BCUT2D eigenvalue weighted by Crippen LogP contribution is -2.55. The van der Waals surface area contributed by atoms with Gasteiger partial charge in [-0.15, -0.1) is 11.3 Å². The van der Waals surface area contributed by atoms with Crippen molar-refractivity contribution in [2.24, 2.45) is 5.92 Å². The molecule has 1 N–H and O–H groups in total. The van der Waals surface area contributed by atoms with Gasteiger partial charge in [0, 0.05) is 23.5 Å². The zero-order chi connectivity index (χ0) is 26.4. The predicted octanol–water partition coefficient (Wildman–Crippen LogP) is 5.49. The van der Waals surface area contributed by atoms with Crippen molar-refractivity contribution in [1.82, 2.24) is 5.32 Å². The van der Waals surface area contributed by atoms with E-state index in [1.165, 1.54) is 42.7 Å². The van der Waals surface area contributed by atoms with Crippen LogP contribution in [0, 0.1) is 17.6 Å². The third kappa shape index (κ3) is 4.33. The van der Waals surface area contributed by atoms with E-state index in [9.17, 15) is 17.6 Å². The lowest BCUT2D eigenvalue weighted by Gasteiger charge is -2.49. The van der Waals surface area contributed by atoms with Crippen LogP contribution in [-0.2, 0) is 25.9 Å². The molecule has 0 radical (unpaired) electrons. The van der Waals surface area contributed by atoms with Crippen LogP contribution in [-0.4, -0.2) is 34.1 Å².